The Labute approximate surface area is 122 Å². The molecule has 1 aliphatic carbocycles. The Morgan fingerprint density at radius 2 is 1.70 bits per heavy atom. The fourth-order valence-electron chi connectivity index (χ4n) is 3.09. The molecule has 0 aromatic heterocycles. The van der Waals surface area contributed by atoms with Crippen molar-refractivity contribution in [3.8, 4) is 0 Å². The monoisotopic (exact) mass is 282 g/mol. The number of carbonyl (C=O) groups excluding carboxylic acids is 1. The summed E-state index contributed by atoms with van der Waals surface area (Å²) in [6.07, 6.45) is 4.07. The van der Waals surface area contributed by atoms with Crippen molar-refractivity contribution < 1.29 is 18.8 Å². The molecule has 0 aromatic rings. The van der Waals surface area contributed by atoms with Crippen LogP contribution in [0.15, 0.2) is 0 Å². The minimum Gasteiger partial charge on any atom is -0.466 e. The number of ether oxygens (including phenoxy) is 1. The van der Waals surface area contributed by atoms with Gasteiger partial charge in [0.25, 0.3) is 0 Å². The summed E-state index contributed by atoms with van der Waals surface area (Å²) in [6, 6.07) is 0. The van der Waals surface area contributed by atoms with Crippen LogP contribution in [0.4, 0.5) is 0 Å². The molecule has 0 spiro atoms. The average Bonchev–Trinajstić information content (AvgIpc) is 2.59. The van der Waals surface area contributed by atoms with E-state index in [0.29, 0.717) is 6.61 Å². The molecule has 2 aliphatic rings. The number of hydrogen-bond acceptors (Lipinski definition) is 4. The maximum Gasteiger partial charge on any atom is 0.462 e. The zero-order valence-electron chi connectivity index (χ0n) is 13.4. The van der Waals surface area contributed by atoms with Crippen LogP contribution in [-0.2, 0) is 18.8 Å². The first-order chi connectivity index (χ1) is 9.28. The summed E-state index contributed by atoms with van der Waals surface area (Å²) in [5.41, 5.74) is -0.678. The van der Waals surface area contributed by atoms with Gasteiger partial charge in [-0.2, -0.15) is 0 Å². The maximum atomic E-state index is 12.2. The lowest BCUT2D eigenvalue weighted by molar-refractivity contribution is -0.149. The molecule has 0 N–H and O–H groups in total. The van der Waals surface area contributed by atoms with Crippen molar-refractivity contribution in [1.82, 2.24) is 0 Å². The third-order valence-electron chi connectivity index (χ3n) is 5.03. The van der Waals surface area contributed by atoms with E-state index in [2.05, 4.69) is 27.7 Å². The third kappa shape index (κ3) is 2.89. The first kappa shape index (κ1) is 15.8. The summed E-state index contributed by atoms with van der Waals surface area (Å²) >= 11 is 0. The summed E-state index contributed by atoms with van der Waals surface area (Å²) in [5, 5.41) is 0. The van der Waals surface area contributed by atoms with Crippen LogP contribution in [0.1, 0.15) is 60.3 Å². The molecule has 0 radical (unpaired) electrons. The Morgan fingerprint density at radius 3 is 2.25 bits per heavy atom. The fourth-order valence-corrected chi connectivity index (χ4v) is 3.09. The first-order valence-electron chi connectivity index (χ1n) is 7.81. The van der Waals surface area contributed by atoms with Crippen LogP contribution in [0.5, 0.6) is 0 Å². The first-order valence-corrected chi connectivity index (χ1v) is 7.81. The molecule has 0 aromatic carbocycles. The zero-order valence-corrected chi connectivity index (χ0v) is 13.4. The molecule has 0 bridgehead atoms. The number of hydrogen-bond donors (Lipinski definition) is 0. The van der Waals surface area contributed by atoms with E-state index < -0.39 is 0 Å². The van der Waals surface area contributed by atoms with Crippen LogP contribution < -0.4 is 0 Å². The lowest BCUT2D eigenvalue weighted by Gasteiger charge is -2.32. The summed E-state index contributed by atoms with van der Waals surface area (Å²) in [6.45, 7) is 10.5. The highest BCUT2D eigenvalue weighted by molar-refractivity contribution is 6.48. The van der Waals surface area contributed by atoms with E-state index in [1.54, 1.807) is 0 Å². The topological polar surface area (TPSA) is 44.8 Å². The quantitative estimate of drug-likeness (QED) is 0.589. The van der Waals surface area contributed by atoms with E-state index >= 15 is 0 Å². The molecule has 5 heteroatoms. The van der Waals surface area contributed by atoms with Crippen LogP contribution in [0.25, 0.3) is 0 Å². The molecule has 20 heavy (non-hydrogen) atoms. The normalized spacial score (nSPS) is 32.1. The highest BCUT2D eigenvalue weighted by atomic mass is 16.7. The minimum absolute atomic E-state index is 0.0848. The Balaban J connectivity index is 2.12. The van der Waals surface area contributed by atoms with Gasteiger partial charge in [0.1, 0.15) is 0 Å². The molecule has 2 rings (SSSR count). The molecule has 0 amide bonds. The zero-order chi connectivity index (χ0) is 15.0. The van der Waals surface area contributed by atoms with Crippen molar-refractivity contribution in [1.29, 1.82) is 0 Å². The molecular weight excluding hydrogens is 255 g/mol. The summed E-state index contributed by atoms with van der Waals surface area (Å²) in [5.74, 6) is -0.0610. The van der Waals surface area contributed by atoms with Gasteiger partial charge in [-0.3, -0.25) is 4.79 Å². The summed E-state index contributed by atoms with van der Waals surface area (Å²) in [4.78, 5) is 12.2. The molecule has 1 saturated heterocycles. The smallest absolute Gasteiger partial charge is 0.462 e. The number of rotatable bonds is 3. The van der Waals surface area contributed by atoms with Crippen molar-refractivity contribution in [3.63, 3.8) is 0 Å². The van der Waals surface area contributed by atoms with Gasteiger partial charge in [-0.15, -0.1) is 0 Å². The van der Waals surface area contributed by atoms with Gasteiger partial charge in [-0.1, -0.05) is 19.3 Å². The molecule has 1 aliphatic heterocycles. The second-order valence-electron chi connectivity index (χ2n) is 6.93. The molecule has 1 heterocycles. The number of esters is 1. The van der Waals surface area contributed by atoms with E-state index in [9.17, 15) is 4.79 Å². The Hall–Kier alpha value is -0.545. The molecule has 114 valence electrons. The van der Waals surface area contributed by atoms with Crippen LogP contribution in [0.2, 0.25) is 5.82 Å². The molecule has 2 fully saturated rings. The van der Waals surface area contributed by atoms with E-state index in [1.807, 2.05) is 6.92 Å². The average molecular weight is 282 g/mol. The van der Waals surface area contributed by atoms with Crippen molar-refractivity contribution in [2.45, 2.75) is 77.3 Å². The molecule has 1 saturated carbocycles. The van der Waals surface area contributed by atoms with Crippen LogP contribution >= 0.6 is 0 Å². The van der Waals surface area contributed by atoms with Crippen molar-refractivity contribution in [2.24, 2.45) is 5.92 Å². The maximum absolute atomic E-state index is 12.2. The predicted octanol–water partition coefficient (Wildman–Crippen LogP) is 3.20. The molecule has 0 unspecified atom stereocenters. The van der Waals surface area contributed by atoms with Crippen molar-refractivity contribution >= 4 is 13.1 Å². The van der Waals surface area contributed by atoms with Crippen molar-refractivity contribution in [2.75, 3.05) is 6.61 Å². The van der Waals surface area contributed by atoms with Gasteiger partial charge in [0, 0.05) is 5.82 Å². The van der Waals surface area contributed by atoms with Gasteiger partial charge >= 0.3 is 13.1 Å². The highest BCUT2D eigenvalue weighted by Crippen LogP contribution is 2.46. The summed E-state index contributed by atoms with van der Waals surface area (Å²) < 4.78 is 17.5. The van der Waals surface area contributed by atoms with Gasteiger partial charge in [-0.25, -0.2) is 0 Å². The summed E-state index contributed by atoms with van der Waals surface area (Å²) in [7, 11) is -0.297. The third-order valence-corrected chi connectivity index (χ3v) is 5.03. The minimum atomic E-state index is -0.339. The number of carbonyl (C=O) groups is 1. The standard InChI is InChI=1S/C15H27BO4/c1-6-18-13(17)11-9-7-8-10-12(11)16-19-14(2,3)15(4,5)20-16/h11-12H,6-10H2,1-5H3/t11-,12+/m1/s1. The van der Waals surface area contributed by atoms with Crippen molar-refractivity contribution in [3.05, 3.63) is 0 Å². The van der Waals surface area contributed by atoms with E-state index in [0.717, 1.165) is 25.7 Å². The lowest BCUT2D eigenvalue weighted by atomic mass is 9.59. The van der Waals surface area contributed by atoms with Crippen LogP contribution in [-0.4, -0.2) is 30.9 Å². The van der Waals surface area contributed by atoms with Gasteiger partial charge in [0.2, 0.25) is 0 Å². The molecular formula is C15H27BO4. The van der Waals surface area contributed by atoms with Gasteiger partial charge in [-0.05, 0) is 41.0 Å². The lowest BCUT2D eigenvalue weighted by Crippen LogP contribution is -2.41. The second-order valence-corrected chi connectivity index (χ2v) is 6.93. The van der Waals surface area contributed by atoms with Gasteiger partial charge in [0.05, 0.1) is 23.7 Å². The van der Waals surface area contributed by atoms with E-state index in [-0.39, 0.29) is 36.0 Å². The largest absolute Gasteiger partial charge is 0.466 e. The highest BCUT2D eigenvalue weighted by Gasteiger charge is 2.56. The van der Waals surface area contributed by atoms with Gasteiger partial charge < -0.3 is 14.0 Å². The SMILES string of the molecule is CCOC(=O)[C@@H]1CCCC[C@@H]1B1OC(C)(C)C(C)(C)O1. The predicted molar refractivity (Wildman–Crippen MR) is 78.4 cm³/mol. The molecule has 4 nitrogen and oxygen atoms in total. The Bertz CT molecular complexity index is 351. The fraction of sp³-hybridized carbons (Fsp3) is 0.933. The van der Waals surface area contributed by atoms with Crippen LogP contribution in [0.3, 0.4) is 0 Å². The van der Waals surface area contributed by atoms with E-state index in [1.165, 1.54) is 0 Å². The van der Waals surface area contributed by atoms with Crippen LogP contribution in [0, 0.1) is 5.92 Å². The molecule has 2 atom stereocenters. The van der Waals surface area contributed by atoms with E-state index in [4.69, 9.17) is 14.0 Å². The second kappa shape index (κ2) is 5.68. The van der Waals surface area contributed by atoms with Gasteiger partial charge in [0.15, 0.2) is 0 Å². The Morgan fingerprint density at radius 1 is 1.15 bits per heavy atom. The Kier molecular flexibility index (Phi) is 4.50.